The molecule has 2 rings (SSSR count). The first-order valence-electron chi connectivity index (χ1n) is 7.00. The fourth-order valence-corrected chi connectivity index (χ4v) is 3.49. The molecule has 0 saturated carbocycles. The number of carbonyl (C=O) groups is 2. The number of rotatable bonds is 5. The van der Waals surface area contributed by atoms with E-state index in [4.69, 9.17) is 23.2 Å². The maximum Gasteiger partial charge on any atom is 0.246 e. The molecule has 1 fully saturated rings. The molecule has 5 nitrogen and oxygen atoms in total. The van der Waals surface area contributed by atoms with E-state index in [-0.39, 0.29) is 24.4 Å². The van der Waals surface area contributed by atoms with Gasteiger partial charge in [-0.1, -0.05) is 29.8 Å². The van der Waals surface area contributed by atoms with Gasteiger partial charge in [-0.2, -0.15) is 0 Å². The van der Waals surface area contributed by atoms with E-state index in [9.17, 15) is 9.59 Å². The van der Waals surface area contributed by atoms with Crippen LogP contribution >= 0.6 is 45.8 Å². The van der Waals surface area contributed by atoms with Crippen LogP contribution in [-0.2, 0) is 9.59 Å². The highest BCUT2D eigenvalue weighted by atomic mass is 127. The van der Waals surface area contributed by atoms with Crippen LogP contribution in [0.5, 0.6) is 0 Å². The molecule has 1 aliphatic rings. The third kappa shape index (κ3) is 4.99. The minimum Gasteiger partial charge on any atom is -0.375 e. The summed E-state index contributed by atoms with van der Waals surface area (Å²) in [5.74, 6) is -0.241. The summed E-state index contributed by atoms with van der Waals surface area (Å²) in [6, 6.07) is 3.40. The minimum absolute atomic E-state index is 0.0268. The normalized spacial score (nSPS) is 17.0. The molecule has 23 heavy (non-hydrogen) atoms. The molecular formula is C15H16Cl2IN3O2. The highest BCUT2D eigenvalue weighted by molar-refractivity contribution is 14.1. The molecule has 0 unspecified atom stereocenters. The van der Waals surface area contributed by atoms with E-state index in [1.165, 1.54) is 6.08 Å². The zero-order valence-electron chi connectivity index (χ0n) is 12.2. The van der Waals surface area contributed by atoms with Crippen LogP contribution in [0.2, 0.25) is 10.0 Å². The Labute approximate surface area is 158 Å². The number of hydrogen-bond acceptors (Lipinski definition) is 3. The van der Waals surface area contributed by atoms with Crippen molar-refractivity contribution in [2.45, 2.75) is 12.5 Å². The molecule has 2 N–H and O–H groups in total. The molecular weight excluding hydrogens is 452 g/mol. The number of hydrogen-bond donors (Lipinski definition) is 2. The van der Waals surface area contributed by atoms with Crippen molar-refractivity contribution >= 4 is 63.3 Å². The fourth-order valence-electron chi connectivity index (χ4n) is 2.32. The van der Waals surface area contributed by atoms with E-state index in [0.29, 0.717) is 23.1 Å². The first kappa shape index (κ1) is 18.4. The average molecular weight is 468 g/mol. The Bertz CT molecular complexity index is 639. The quantitative estimate of drug-likeness (QED) is 0.397. The van der Waals surface area contributed by atoms with Crippen molar-refractivity contribution in [3.63, 3.8) is 0 Å². The summed E-state index contributed by atoms with van der Waals surface area (Å²) in [5.41, 5.74) is 0.755. The van der Waals surface area contributed by atoms with Gasteiger partial charge in [-0.15, -0.1) is 0 Å². The maximum atomic E-state index is 12.0. The summed E-state index contributed by atoms with van der Waals surface area (Å²) in [7, 11) is 0. The highest BCUT2D eigenvalue weighted by Gasteiger charge is 2.25. The summed E-state index contributed by atoms with van der Waals surface area (Å²) in [5, 5.41) is 6.86. The number of nitrogens with zero attached hydrogens (tertiary/aromatic N) is 1. The van der Waals surface area contributed by atoms with Gasteiger partial charge < -0.3 is 15.5 Å². The largest absolute Gasteiger partial charge is 0.375 e. The molecule has 0 aliphatic carbocycles. The summed E-state index contributed by atoms with van der Waals surface area (Å²) in [6.45, 7) is 4.74. The van der Waals surface area contributed by atoms with E-state index < -0.39 is 0 Å². The Morgan fingerprint density at radius 2 is 2.09 bits per heavy atom. The molecule has 0 spiro atoms. The first-order valence-corrected chi connectivity index (χ1v) is 8.83. The molecule has 124 valence electrons. The van der Waals surface area contributed by atoms with Crippen molar-refractivity contribution in [1.29, 1.82) is 0 Å². The standard InChI is InChI=1S/C15H16Cl2IN3O2/c1-2-15(23)21-4-3-9(8-21)20-14(22)7-19-13-6-11(17)10(16)5-12(13)18/h2,5-6,9,19H,1,3-4,7-8H2,(H,20,22)/t9-/m1/s1. The first-order chi connectivity index (χ1) is 10.9. The van der Waals surface area contributed by atoms with E-state index in [0.717, 1.165) is 15.7 Å². The average Bonchev–Trinajstić information content (AvgIpc) is 2.97. The molecule has 1 aromatic carbocycles. The number of halogens is 3. The zero-order chi connectivity index (χ0) is 17.0. The number of benzene rings is 1. The van der Waals surface area contributed by atoms with Crippen molar-refractivity contribution in [1.82, 2.24) is 10.2 Å². The van der Waals surface area contributed by atoms with Crippen LogP contribution in [0.3, 0.4) is 0 Å². The predicted molar refractivity (Wildman–Crippen MR) is 101 cm³/mol. The molecule has 2 amide bonds. The Morgan fingerprint density at radius 1 is 1.39 bits per heavy atom. The van der Waals surface area contributed by atoms with Gasteiger partial charge in [0, 0.05) is 28.4 Å². The van der Waals surface area contributed by atoms with Crippen LogP contribution in [0.4, 0.5) is 5.69 Å². The Morgan fingerprint density at radius 3 is 2.78 bits per heavy atom. The summed E-state index contributed by atoms with van der Waals surface area (Å²) < 4.78 is 0.883. The number of nitrogens with one attached hydrogen (secondary N) is 2. The number of likely N-dealkylation sites (tertiary alicyclic amines) is 1. The van der Waals surface area contributed by atoms with E-state index in [2.05, 4.69) is 39.8 Å². The topological polar surface area (TPSA) is 61.4 Å². The SMILES string of the molecule is C=CC(=O)N1CC[C@@H](NC(=O)CNc2cc(Cl)c(Cl)cc2I)C1. The lowest BCUT2D eigenvalue weighted by atomic mass is 10.2. The second-order valence-corrected chi connectivity index (χ2v) is 7.12. The van der Waals surface area contributed by atoms with Crippen molar-refractivity contribution in [2.24, 2.45) is 0 Å². The van der Waals surface area contributed by atoms with Gasteiger partial charge in [0.15, 0.2) is 0 Å². The van der Waals surface area contributed by atoms with Crippen LogP contribution in [0.1, 0.15) is 6.42 Å². The zero-order valence-corrected chi connectivity index (χ0v) is 15.9. The molecule has 1 aliphatic heterocycles. The molecule has 1 aromatic rings. The number of anilines is 1. The van der Waals surface area contributed by atoms with Crippen LogP contribution < -0.4 is 10.6 Å². The lowest BCUT2D eigenvalue weighted by molar-refractivity contribution is -0.125. The lowest BCUT2D eigenvalue weighted by Gasteiger charge is -2.16. The van der Waals surface area contributed by atoms with E-state index >= 15 is 0 Å². The van der Waals surface area contributed by atoms with E-state index in [1.54, 1.807) is 17.0 Å². The molecule has 0 bridgehead atoms. The lowest BCUT2D eigenvalue weighted by Crippen LogP contribution is -2.40. The van der Waals surface area contributed by atoms with Crippen molar-refractivity contribution in [3.8, 4) is 0 Å². The summed E-state index contributed by atoms with van der Waals surface area (Å²) >= 11 is 14.0. The molecule has 0 radical (unpaired) electrons. The van der Waals surface area contributed by atoms with Crippen molar-refractivity contribution < 1.29 is 9.59 Å². The van der Waals surface area contributed by atoms with Crippen LogP contribution in [0.25, 0.3) is 0 Å². The molecule has 1 saturated heterocycles. The Hall–Kier alpha value is -0.990. The highest BCUT2D eigenvalue weighted by Crippen LogP contribution is 2.29. The van der Waals surface area contributed by atoms with Gasteiger partial charge in [-0.05, 0) is 47.2 Å². The van der Waals surface area contributed by atoms with Gasteiger partial charge in [0.2, 0.25) is 11.8 Å². The van der Waals surface area contributed by atoms with Gasteiger partial charge in [-0.25, -0.2) is 0 Å². The second-order valence-electron chi connectivity index (χ2n) is 5.14. The monoisotopic (exact) mass is 467 g/mol. The van der Waals surface area contributed by atoms with Crippen LogP contribution in [0.15, 0.2) is 24.8 Å². The Kier molecular flexibility index (Phi) is 6.55. The van der Waals surface area contributed by atoms with Gasteiger partial charge in [0.05, 0.1) is 16.6 Å². The number of amides is 2. The fraction of sp³-hybridized carbons (Fsp3) is 0.333. The molecule has 0 aromatic heterocycles. The summed E-state index contributed by atoms with van der Waals surface area (Å²) in [4.78, 5) is 25.2. The van der Waals surface area contributed by atoms with Gasteiger partial charge in [0.25, 0.3) is 0 Å². The predicted octanol–water partition coefficient (Wildman–Crippen LogP) is 2.91. The summed E-state index contributed by atoms with van der Waals surface area (Å²) in [6.07, 6.45) is 2.04. The van der Waals surface area contributed by atoms with Crippen molar-refractivity contribution in [3.05, 3.63) is 38.4 Å². The number of carbonyl (C=O) groups excluding carboxylic acids is 2. The third-order valence-electron chi connectivity index (χ3n) is 3.49. The molecule has 8 heteroatoms. The minimum atomic E-state index is -0.134. The third-order valence-corrected chi connectivity index (χ3v) is 5.10. The molecule has 1 atom stereocenters. The van der Waals surface area contributed by atoms with E-state index in [1.807, 2.05) is 0 Å². The van der Waals surface area contributed by atoms with Crippen molar-refractivity contribution in [2.75, 3.05) is 25.0 Å². The van der Waals surface area contributed by atoms with Gasteiger partial charge in [-0.3, -0.25) is 9.59 Å². The van der Waals surface area contributed by atoms with Crippen LogP contribution in [0, 0.1) is 3.57 Å². The van der Waals surface area contributed by atoms with Gasteiger partial charge in [0.1, 0.15) is 0 Å². The Balaban J connectivity index is 1.83. The maximum absolute atomic E-state index is 12.0. The molecule has 1 heterocycles. The van der Waals surface area contributed by atoms with Gasteiger partial charge >= 0.3 is 0 Å². The smallest absolute Gasteiger partial charge is 0.246 e. The second kappa shape index (κ2) is 8.21. The van der Waals surface area contributed by atoms with Crippen LogP contribution in [-0.4, -0.2) is 42.4 Å².